The van der Waals surface area contributed by atoms with Gasteiger partial charge < -0.3 is 14.9 Å². The Hall–Kier alpha value is -2.72. The second-order valence-electron chi connectivity index (χ2n) is 7.10. The van der Waals surface area contributed by atoms with Gasteiger partial charge in [0.1, 0.15) is 0 Å². The summed E-state index contributed by atoms with van der Waals surface area (Å²) in [6.07, 6.45) is 1.78. The average molecular weight is 403 g/mol. The fourth-order valence-corrected chi connectivity index (χ4v) is 4.13. The number of hydrogen-bond acceptors (Lipinski definition) is 6. The molecule has 4 rings (SSSR count). The van der Waals surface area contributed by atoms with Crippen LogP contribution in [0.15, 0.2) is 41.4 Å². The molecule has 2 aromatic rings. The van der Waals surface area contributed by atoms with Crippen molar-refractivity contribution >= 4 is 22.1 Å². The minimum atomic E-state index is -3.68. The SMILES string of the molecule is NS(=O)(=O)c1ccc([C@@H]2C[C@H]2c2ccnc(N3CCN(C(=O)O)CC3)n2)cc1. The molecule has 0 spiro atoms. The molecule has 2 heterocycles. The number of sulfonamides is 1. The molecule has 1 saturated heterocycles. The Balaban J connectivity index is 1.44. The molecule has 28 heavy (non-hydrogen) atoms. The zero-order valence-electron chi connectivity index (χ0n) is 15.1. The summed E-state index contributed by atoms with van der Waals surface area (Å²) in [7, 11) is -3.68. The van der Waals surface area contributed by atoms with Gasteiger partial charge in [0.05, 0.1) is 4.90 Å². The summed E-state index contributed by atoms with van der Waals surface area (Å²) in [5.74, 6) is 1.18. The Kier molecular flexibility index (Phi) is 4.68. The fraction of sp³-hybridized carbons (Fsp3) is 0.389. The fourth-order valence-electron chi connectivity index (χ4n) is 3.61. The van der Waals surface area contributed by atoms with Gasteiger partial charge in [0.15, 0.2) is 0 Å². The van der Waals surface area contributed by atoms with Gasteiger partial charge >= 0.3 is 6.09 Å². The van der Waals surface area contributed by atoms with Crippen molar-refractivity contribution in [1.82, 2.24) is 14.9 Å². The normalized spacial score (nSPS) is 22.2. The number of primary sulfonamides is 1. The Morgan fingerprint density at radius 2 is 1.75 bits per heavy atom. The van der Waals surface area contributed by atoms with E-state index in [0.717, 1.165) is 17.7 Å². The first kappa shape index (κ1) is 18.6. The molecule has 1 saturated carbocycles. The van der Waals surface area contributed by atoms with Crippen molar-refractivity contribution in [2.45, 2.75) is 23.2 Å². The lowest BCUT2D eigenvalue weighted by Gasteiger charge is -2.33. The van der Waals surface area contributed by atoms with Crippen molar-refractivity contribution in [3.05, 3.63) is 47.8 Å². The smallest absolute Gasteiger partial charge is 0.407 e. The molecule has 2 fully saturated rings. The summed E-state index contributed by atoms with van der Waals surface area (Å²) in [5.41, 5.74) is 2.01. The Morgan fingerprint density at radius 1 is 1.07 bits per heavy atom. The molecule has 0 unspecified atom stereocenters. The molecular formula is C18H21N5O4S. The molecule has 9 nitrogen and oxygen atoms in total. The highest BCUT2D eigenvalue weighted by molar-refractivity contribution is 7.89. The van der Waals surface area contributed by atoms with E-state index in [4.69, 9.17) is 15.2 Å². The summed E-state index contributed by atoms with van der Waals surface area (Å²) in [6, 6.07) is 8.58. The van der Waals surface area contributed by atoms with Crippen LogP contribution >= 0.6 is 0 Å². The Bertz CT molecular complexity index is 987. The van der Waals surface area contributed by atoms with Gasteiger partial charge in [-0.25, -0.2) is 28.3 Å². The van der Waals surface area contributed by atoms with Crippen molar-refractivity contribution in [3.8, 4) is 0 Å². The number of hydrogen-bond donors (Lipinski definition) is 2. The molecule has 1 aromatic heterocycles. The maximum Gasteiger partial charge on any atom is 0.407 e. The molecular weight excluding hydrogens is 382 g/mol. The third-order valence-corrected chi connectivity index (χ3v) is 6.23. The molecule has 1 aliphatic heterocycles. The molecule has 10 heteroatoms. The van der Waals surface area contributed by atoms with Crippen LogP contribution in [0.5, 0.6) is 0 Å². The lowest BCUT2D eigenvalue weighted by Crippen LogP contribution is -2.48. The van der Waals surface area contributed by atoms with E-state index >= 15 is 0 Å². The number of carboxylic acid groups (broad SMARTS) is 1. The number of rotatable bonds is 4. The third kappa shape index (κ3) is 3.78. The number of nitrogens with zero attached hydrogens (tertiary/aromatic N) is 4. The molecule has 1 aliphatic carbocycles. The van der Waals surface area contributed by atoms with Gasteiger partial charge in [-0.3, -0.25) is 0 Å². The summed E-state index contributed by atoms with van der Waals surface area (Å²) < 4.78 is 22.8. The first-order valence-electron chi connectivity index (χ1n) is 9.01. The molecule has 2 aliphatic rings. The molecule has 148 valence electrons. The van der Waals surface area contributed by atoms with Gasteiger partial charge in [-0.1, -0.05) is 12.1 Å². The van der Waals surface area contributed by atoms with Gasteiger partial charge in [-0.05, 0) is 36.1 Å². The van der Waals surface area contributed by atoms with E-state index < -0.39 is 16.1 Å². The highest BCUT2D eigenvalue weighted by Crippen LogP contribution is 2.54. The monoisotopic (exact) mass is 403 g/mol. The van der Waals surface area contributed by atoms with Crippen LogP contribution in [0.1, 0.15) is 29.5 Å². The largest absolute Gasteiger partial charge is 0.465 e. The van der Waals surface area contributed by atoms with E-state index in [1.165, 1.54) is 17.0 Å². The van der Waals surface area contributed by atoms with Crippen LogP contribution in [0.25, 0.3) is 0 Å². The lowest BCUT2D eigenvalue weighted by molar-refractivity contribution is 0.142. The Morgan fingerprint density at radius 3 is 2.36 bits per heavy atom. The lowest BCUT2D eigenvalue weighted by atomic mass is 10.1. The van der Waals surface area contributed by atoms with Crippen LogP contribution in [0.3, 0.4) is 0 Å². The number of nitrogens with two attached hydrogens (primary N) is 1. The topological polar surface area (TPSA) is 130 Å². The molecule has 0 radical (unpaired) electrons. The van der Waals surface area contributed by atoms with Crippen LogP contribution < -0.4 is 10.0 Å². The highest BCUT2D eigenvalue weighted by atomic mass is 32.2. The molecule has 0 bridgehead atoms. The zero-order valence-corrected chi connectivity index (χ0v) is 15.9. The molecule has 1 aromatic carbocycles. The minimum absolute atomic E-state index is 0.110. The number of amides is 1. The van der Waals surface area contributed by atoms with Crippen molar-refractivity contribution in [1.29, 1.82) is 0 Å². The predicted molar refractivity (Wildman–Crippen MR) is 102 cm³/mol. The standard InChI is InChI=1S/C18H21N5O4S/c19-28(26,27)13-3-1-12(2-4-13)14-11-15(14)16-5-6-20-17(21-16)22-7-9-23(10-8-22)18(24)25/h1-6,14-15H,7-11H2,(H,24,25)(H2,19,26,27)/t14-,15+/m0/s1. The average Bonchev–Trinajstić information content (AvgIpc) is 3.48. The quantitative estimate of drug-likeness (QED) is 0.784. The van der Waals surface area contributed by atoms with Crippen molar-refractivity contribution < 1.29 is 18.3 Å². The first-order chi connectivity index (χ1) is 13.3. The Labute approximate surface area is 162 Å². The maximum absolute atomic E-state index is 11.4. The van der Waals surface area contributed by atoms with E-state index in [-0.39, 0.29) is 10.8 Å². The second kappa shape index (κ2) is 7.02. The highest BCUT2D eigenvalue weighted by Gasteiger charge is 2.41. The summed E-state index contributed by atoms with van der Waals surface area (Å²) >= 11 is 0. The summed E-state index contributed by atoms with van der Waals surface area (Å²) in [5, 5.41) is 14.2. The maximum atomic E-state index is 11.4. The van der Waals surface area contributed by atoms with E-state index in [2.05, 4.69) is 4.98 Å². The van der Waals surface area contributed by atoms with E-state index in [1.54, 1.807) is 18.3 Å². The zero-order chi connectivity index (χ0) is 19.9. The van der Waals surface area contributed by atoms with Gasteiger partial charge in [-0.15, -0.1) is 0 Å². The van der Waals surface area contributed by atoms with Crippen molar-refractivity contribution in [3.63, 3.8) is 0 Å². The van der Waals surface area contributed by atoms with Crippen LogP contribution in [-0.2, 0) is 10.0 Å². The van der Waals surface area contributed by atoms with Crippen LogP contribution in [0, 0.1) is 0 Å². The van der Waals surface area contributed by atoms with Crippen molar-refractivity contribution in [2.24, 2.45) is 5.14 Å². The van der Waals surface area contributed by atoms with Crippen LogP contribution in [0.4, 0.5) is 10.7 Å². The van der Waals surface area contributed by atoms with Crippen molar-refractivity contribution in [2.75, 3.05) is 31.1 Å². The van der Waals surface area contributed by atoms with Gasteiger partial charge in [0, 0.05) is 44.0 Å². The van der Waals surface area contributed by atoms with Crippen LogP contribution in [0.2, 0.25) is 0 Å². The number of anilines is 1. The van der Waals surface area contributed by atoms with E-state index in [0.29, 0.717) is 38.0 Å². The number of carbonyl (C=O) groups is 1. The summed E-state index contributed by atoms with van der Waals surface area (Å²) in [4.78, 5) is 23.6. The van der Waals surface area contributed by atoms with Crippen LogP contribution in [-0.4, -0.2) is 60.7 Å². The number of aromatic nitrogens is 2. The predicted octanol–water partition coefficient (Wildman–Crippen LogP) is 1.20. The molecule has 1 amide bonds. The van der Waals surface area contributed by atoms with Gasteiger partial charge in [0.25, 0.3) is 0 Å². The van der Waals surface area contributed by atoms with Gasteiger partial charge in [-0.2, -0.15) is 0 Å². The second-order valence-corrected chi connectivity index (χ2v) is 8.66. The van der Waals surface area contributed by atoms with E-state index in [1.807, 2.05) is 11.0 Å². The first-order valence-corrected chi connectivity index (χ1v) is 10.6. The minimum Gasteiger partial charge on any atom is -0.465 e. The number of benzene rings is 1. The van der Waals surface area contributed by atoms with Gasteiger partial charge in [0.2, 0.25) is 16.0 Å². The summed E-state index contributed by atoms with van der Waals surface area (Å²) in [6.45, 7) is 2.01. The van der Waals surface area contributed by atoms with E-state index in [9.17, 15) is 13.2 Å². The third-order valence-electron chi connectivity index (χ3n) is 5.30. The molecule has 2 atom stereocenters. The molecule has 3 N–H and O–H groups in total. The number of piperazine rings is 1.